The number of aliphatic carboxylic acids is 2. The number of likely N-dealkylation sites (tertiary alicyclic amines) is 1. The van der Waals surface area contributed by atoms with Crippen LogP contribution >= 0.6 is 0 Å². The first-order valence-corrected chi connectivity index (χ1v) is 30.5. The summed E-state index contributed by atoms with van der Waals surface area (Å²) in [7, 11) is 3.28. The number of nitrogens with zero attached hydrogens (tertiary/aromatic N) is 1. The number of hydrogen-bond donors (Lipinski definition) is 3. The molecule has 8 atom stereocenters. The number of allylic oxidation sites excluding steroid dienone is 2. The predicted molar refractivity (Wildman–Crippen MR) is 334 cm³/mol. The molecule has 2 amide bonds. The number of aliphatic hydroxyl groups excluding tert-OH is 1. The number of methoxy groups -OCH3 is 1. The third-order valence-electron chi connectivity index (χ3n) is 16.6. The first-order chi connectivity index (χ1) is 35.4. The fourth-order valence-corrected chi connectivity index (χ4v) is 6.49. The Morgan fingerprint density at radius 3 is 1.15 bits per heavy atom. The van der Waals surface area contributed by atoms with Crippen LogP contribution in [0.1, 0.15) is 272 Å². The Labute approximate surface area is 489 Å². The predicted octanol–water partition coefficient (Wildman–Crippen LogP) is 20.0. The summed E-state index contributed by atoms with van der Waals surface area (Å²) >= 11 is 0. The van der Waals surface area contributed by atoms with E-state index in [9.17, 15) is 32.3 Å². The number of alkyl halides is 3. The molecule has 1 heterocycles. The number of aliphatic hydroxyl groups is 1. The van der Waals surface area contributed by atoms with Gasteiger partial charge in [0.1, 0.15) is 0 Å². The lowest BCUT2D eigenvalue weighted by Crippen LogP contribution is -2.30. The molecule has 2 saturated carbocycles. The van der Waals surface area contributed by atoms with E-state index < -0.39 is 23.5 Å². The van der Waals surface area contributed by atoms with E-state index in [0.717, 1.165) is 67.3 Å². The molecule has 0 aromatic rings. The maximum Gasteiger partial charge on any atom is 0.393 e. The van der Waals surface area contributed by atoms with Crippen LogP contribution in [0.3, 0.4) is 0 Å². The van der Waals surface area contributed by atoms with Crippen molar-refractivity contribution in [2.45, 2.75) is 278 Å². The average Bonchev–Trinajstić information content (AvgIpc) is 3.92. The van der Waals surface area contributed by atoms with E-state index in [1.165, 1.54) is 58.4 Å². The molecule has 8 unspecified atom stereocenters. The zero-order valence-electron chi connectivity index (χ0n) is 58.0. The minimum absolute atomic E-state index is 0.0359. The summed E-state index contributed by atoms with van der Waals surface area (Å²) in [5.74, 6) is 5.12. The second kappa shape index (κ2) is 45.0. The summed E-state index contributed by atoms with van der Waals surface area (Å²) in [6.45, 7) is 62.3. The average molecular weight is 1140 g/mol. The Balaban J connectivity index is -0.000000147. The van der Waals surface area contributed by atoms with Gasteiger partial charge in [0.25, 0.3) is 0 Å². The van der Waals surface area contributed by atoms with Crippen molar-refractivity contribution >= 4 is 23.8 Å². The van der Waals surface area contributed by atoms with Crippen LogP contribution in [-0.2, 0) is 23.9 Å². The highest BCUT2D eigenvalue weighted by Gasteiger charge is 2.47. The molecule has 1 saturated heterocycles. The number of carbonyl (C=O) groups excluding carboxylic acids is 2. The summed E-state index contributed by atoms with van der Waals surface area (Å²) in [4.78, 5) is 43.6. The molecule has 0 aromatic carbocycles. The lowest BCUT2D eigenvalue weighted by molar-refractivity contribution is -0.212. The molecular weight excluding hydrogens is 1000 g/mol. The smallest absolute Gasteiger partial charge is 0.393 e. The molecule has 3 aliphatic rings. The third kappa shape index (κ3) is 48.7. The molecule has 0 spiro atoms. The number of fused-ring (bicyclic) bond motifs is 2. The minimum Gasteiger partial charge on any atom is -0.481 e. The van der Waals surface area contributed by atoms with Crippen molar-refractivity contribution in [1.29, 1.82) is 0 Å². The van der Waals surface area contributed by atoms with Gasteiger partial charge in [-0.05, 0) is 108 Å². The zero-order valence-corrected chi connectivity index (χ0v) is 58.0. The molecule has 2 bridgehead atoms. The number of halogens is 3. The monoisotopic (exact) mass is 1140 g/mol. The van der Waals surface area contributed by atoms with Crippen LogP contribution in [-0.4, -0.2) is 77.5 Å². The number of imide groups is 1. The van der Waals surface area contributed by atoms with Crippen molar-refractivity contribution in [3.63, 3.8) is 0 Å². The summed E-state index contributed by atoms with van der Waals surface area (Å²) in [5.41, 5.74) is -0.506. The molecular formula is C67H136F3NO8. The van der Waals surface area contributed by atoms with Crippen LogP contribution < -0.4 is 0 Å². The number of rotatable bonds is 14. The van der Waals surface area contributed by atoms with Crippen molar-refractivity contribution in [1.82, 2.24) is 4.90 Å². The Kier molecular flexibility index (Phi) is 51.5. The van der Waals surface area contributed by atoms with Crippen molar-refractivity contribution < 1.29 is 52.4 Å². The van der Waals surface area contributed by atoms with E-state index in [1.807, 2.05) is 48.5 Å². The van der Waals surface area contributed by atoms with Gasteiger partial charge in [0, 0.05) is 32.6 Å². The highest BCUT2D eigenvalue weighted by atomic mass is 19.4. The van der Waals surface area contributed by atoms with E-state index in [-0.39, 0.29) is 59.2 Å². The van der Waals surface area contributed by atoms with E-state index in [2.05, 4.69) is 130 Å². The van der Waals surface area contributed by atoms with Gasteiger partial charge >= 0.3 is 18.1 Å². The Bertz CT molecular complexity index is 1530. The summed E-state index contributed by atoms with van der Waals surface area (Å²) in [6, 6.07) is 0. The van der Waals surface area contributed by atoms with Gasteiger partial charge in [0.05, 0.1) is 24.4 Å². The Morgan fingerprint density at radius 2 is 1.05 bits per heavy atom. The summed E-state index contributed by atoms with van der Waals surface area (Å²) in [6.07, 6.45) is 10.7. The molecule has 3 N–H and O–H groups in total. The topological polar surface area (TPSA) is 141 Å². The highest BCUT2D eigenvalue weighted by Crippen LogP contribution is 2.54. The van der Waals surface area contributed by atoms with Gasteiger partial charge in [-0.1, -0.05) is 239 Å². The maximum absolute atomic E-state index is 11.8. The number of amides is 2. The standard InChI is InChI=1S/C10H18.C7H11NO2.C7H14O2.C7H16O.C7H14.C6H11F3.C6H12O2.C6H14O.C6H14.C5H12/c1-6-4-9-5-10(6)8(3)7(9)2;1-4-5(2)7(10)8(3)6(4)9;1-4-7(2,3)5-6(8)9;1-5-7(2,3)6-8-4;1-4-5-6-7(2)3;1-4-5(2,3)6(7,8)9;1-4(2)5(3)6(7)8;1-4-6(2,3)5-7;1-5-6(2,3)4;1-4-5(2)3/h6-10H,4-5H2,1-3H3;4-5H,1-3H3;4-5H2,1-3H3,(H,8,9);5-6H2,1-4H3;5-7H,4H2,1-3H3;4H2,1-3H3;4-5H,1-3H3,(H,7,8);7H,4-5H2,1-3H3;5H2,1-4H3;5H,4H2,1-3H3. The van der Waals surface area contributed by atoms with E-state index >= 15 is 0 Å². The van der Waals surface area contributed by atoms with Crippen LogP contribution in [0.25, 0.3) is 0 Å². The van der Waals surface area contributed by atoms with Crippen LogP contribution in [0.2, 0.25) is 0 Å². The molecule has 0 aromatic heterocycles. The molecule has 2 aliphatic carbocycles. The Morgan fingerprint density at radius 1 is 0.658 bits per heavy atom. The second-order valence-corrected chi connectivity index (χ2v) is 28.0. The molecule has 478 valence electrons. The first kappa shape index (κ1) is 90.3. The van der Waals surface area contributed by atoms with Crippen LogP contribution in [0.4, 0.5) is 13.2 Å². The quantitative estimate of drug-likeness (QED) is 0.115. The maximum atomic E-state index is 11.8. The fourth-order valence-electron chi connectivity index (χ4n) is 6.49. The lowest BCUT2D eigenvalue weighted by atomic mass is 9.77. The van der Waals surface area contributed by atoms with Gasteiger partial charge in [-0.25, -0.2) is 0 Å². The molecule has 3 rings (SSSR count). The van der Waals surface area contributed by atoms with Crippen molar-refractivity contribution in [2.24, 2.45) is 92.2 Å². The number of carboxylic acid groups (broad SMARTS) is 2. The number of carboxylic acids is 2. The third-order valence-corrected chi connectivity index (χ3v) is 16.6. The molecule has 1 aliphatic heterocycles. The fraction of sp³-hybridized carbons (Fsp3) is 0.910. The summed E-state index contributed by atoms with van der Waals surface area (Å²) in [5, 5.41) is 25.3. The highest BCUT2D eigenvalue weighted by molar-refractivity contribution is 6.04. The second-order valence-electron chi connectivity index (χ2n) is 28.0. The molecule has 3 fully saturated rings. The van der Waals surface area contributed by atoms with Crippen LogP contribution in [0, 0.1) is 92.2 Å². The van der Waals surface area contributed by atoms with E-state index in [1.54, 1.807) is 34.3 Å². The number of carbonyl (C=O) groups is 4. The van der Waals surface area contributed by atoms with Gasteiger partial charge in [0.15, 0.2) is 0 Å². The first-order valence-electron chi connectivity index (χ1n) is 30.5. The van der Waals surface area contributed by atoms with Crippen molar-refractivity contribution in [3.8, 4) is 0 Å². The zero-order chi connectivity index (χ0) is 64.8. The normalized spacial score (nSPS) is 20.9. The number of hydrogen-bond acceptors (Lipinski definition) is 6. The molecule has 12 heteroatoms. The Hall–Kier alpha value is -2.47. The van der Waals surface area contributed by atoms with Crippen LogP contribution in [0.15, 0.2) is 12.2 Å². The van der Waals surface area contributed by atoms with Crippen molar-refractivity contribution in [3.05, 3.63) is 12.2 Å². The van der Waals surface area contributed by atoms with Gasteiger partial charge in [-0.2, -0.15) is 13.2 Å². The summed E-state index contributed by atoms with van der Waals surface area (Å²) < 4.78 is 40.5. The van der Waals surface area contributed by atoms with Gasteiger partial charge in [0.2, 0.25) is 11.8 Å². The van der Waals surface area contributed by atoms with E-state index in [0.29, 0.717) is 17.4 Å². The molecule has 0 radical (unpaired) electrons. The van der Waals surface area contributed by atoms with Gasteiger partial charge in [-0.3, -0.25) is 24.1 Å². The van der Waals surface area contributed by atoms with E-state index in [4.69, 9.17) is 20.1 Å². The molecule has 9 nitrogen and oxygen atoms in total. The van der Waals surface area contributed by atoms with Crippen LogP contribution in [0.5, 0.6) is 0 Å². The van der Waals surface area contributed by atoms with Gasteiger partial charge in [-0.15, -0.1) is 0 Å². The SMILES string of the molecule is CC(C)C(C)C(=O)O.CC1C(=O)N(C)C(=O)C1C.CC1CC2CC1C(C)C2C.CCC(C)(C)C.CCC(C)(C)C(F)(F)F.CCC(C)(C)CC(=O)O.CCC(C)(C)CO.CCC(C)(C)COC.CCC(C)C.CCC=CC(C)C. The minimum atomic E-state index is -4.05. The van der Waals surface area contributed by atoms with Gasteiger partial charge < -0.3 is 20.1 Å². The van der Waals surface area contributed by atoms with Crippen molar-refractivity contribution in [2.75, 3.05) is 27.4 Å². The number of ether oxygens (including phenoxy) is 1. The largest absolute Gasteiger partial charge is 0.481 e. The molecule has 79 heavy (non-hydrogen) atoms. The lowest BCUT2D eigenvalue weighted by Gasteiger charge is -2.29.